The summed E-state index contributed by atoms with van der Waals surface area (Å²) in [6.07, 6.45) is 1.99. The van der Waals surface area contributed by atoms with E-state index in [1.165, 1.54) is 5.56 Å². The van der Waals surface area contributed by atoms with Crippen molar-refractivity contribution < 1.29 is 14.6 Å². The van der Waals surface area contributed by atoms with Crippen LogP contribution in [0.25, 0.3) is 0 Å². The minimum atomic E-state index is -0.272. The Morgan fingerprint density at radius 2 is 1.71 bits per heavy atom. The molecular weight excluding hydrogens is 304 g/mol. The number of para-hydroxylation sites is 1. The fourth-order valence-corrected chi connectivity index (χ4v) is 3.87. The maximum absolute atomic E-state index is 10.4. The molecule has 0 bridgehead atoms. The third kappa shape index (κ3) is 4.70. The number of likely N-dealkylation sites (tertiary alicyclic amines) is 1. The lowest BCUT2D eigenvalue weighted by Gasteiger charge is -2.35. The second-order valence-corrected chi connectivity index (χ2v) is 6.88. The molecule has 0 aromatic heterocycles. The van der Waals surface area contributed by atoms with Gasteiger partial charge in [-0.2, -0.15) is 0 Å². The van der Waals surface area contributed by atoms with E-state index in [-0.39, 0.29) is 6.10 Å². The fourth-order valence-electron chi connectivity index (χ4n) is 3.87. The Balaban J connectivity index is 1.44. The summed E-state index contributed by atoms with van der Waals surface area (Å²) in [5.41, 5.74) is 1.33. The molecule has 1 unspecified atom stereocenters. The number of ether oxygens (including phenoxy) is 2. The van der Waals surface area contributed by atoms with Crippen LogP contribution in [0, 0.1) is 0 Å². The Kier molecular flexibility index (Phi) is 6.49. The molecule has 2 fully saturated rings. The van der Waals surface area contributed by atoms with Crippen molar-refractivity contribution in [3.63, 3.8) is 0 Å². The van der Waals surface area contributed by atoms with Gasteiger partial charge in [0.1, 0.15) is 5.75 Å². The van der Waals surface area contributed by atoms with Crippen molar-refractivity contribution in [2.24, 2.45) is 0 Å². The summed E-state index contributed by atoms with van der Waals surface area (Å²) in [5.74, 6) is 1.57. The topological polar surface area (TPSA) is 45.2 Å². The monoisotopic (exact) mass is 334 g/mol. The second kappa shape index (κ2) is 8.81. The smallest absolute Gasteiger partial charge is 0.122 e. The van der Waals surface area contributed by atoms with Crippen LogP contribution >= 0.6 is 0 Å². The summed E-state index contributed by atoms with van der Waals surface area (Å²) < 4.78 is 10.9. The van der Waals surface area contributed by atoms with Crippen LogP contribution < -0.4 is 4.74 Å². The Morgan fingerprint density at radius 1 is 1.08 bits per heavy atom. The van der Waals surface area contributed by atoms with Crippen molar-refractivity contribution in [3.05, 3.63) is 29.8 Å². The molecule has 0 radical (unpaired) electrons. The first-order chi connectivity index (χ1) is 11.8. The number of benzene rings is 1. The number of morpholine rings is 1. The summed E-state index contributed by atoms with van der Waals surface area (Å²) in [6.45, 7) is 7.07. The van der Waals surface area contributed by atoms with E-state index in [1.807, 2.05) is 12.1 Å². The molecule has 3 rings (SSSR count). The molecule has 5 heteroatoms. The number of β-amino-alcohol motifs (C(OH)–C–C–N with tert-alkyl or cyclic N) is 1. The zero-order chi connectivity index (χ0) is 16.8. The fraction of sp³-hybridized carbons (Fsp3) is 0.684. The average Bonchev–Trinajstić information content (AvgIpc) is 2.63. The highest BCUT2D eigenvalue weighted by Crippen LogP contribution is 2.33. The number of rotatable bonds is 6. The first-order valence-electron chi connectivity index (χ1n) is 9.09. The first kappa shape index (κ1) is 17.7. The lowest BCUT2D eigenvalue weighted by Crippen LogP contribution is -2.46. The van der Waals surface area contributed by atoms with Crippen molar-refractivity contribution in [1.29, 1.82) is 0 Å². The highest BCUT2D eigenvalue weighted by Gasteiger charge is 2.24. The molecule has 2 heterocycles. The molecule has 134 valence electrons. The molecule has 2 aliphatic heterocycles. The number of hydrogen-bond acceptors (Lipinski definition) is 5. The molecule has 2 aliphatic rings. The second-order valence-electron chi connectivity index (χ2n) is 6.88. The molecule has 24 heavy (non-hydrogen) atoms. The van der Waals surface area contributed by atoms with Crippen LogP contribution in [0.15, 0.2) is 24.3 Å². The summed E-state index contributed by atoms with van der Waals surface area (Å²) in [4.78, 5) is 4.70. The van der Waals surface area contributed by atoms with Gasteiger partial charge in [-0.15, -0.1) is 0 Å². The van der Waals surface area contributed by atoms with E-state index in [0.29, 0.717) is 5.92 Å². The van der Waals surface area contributed by atoms with E-state index < -0.39 is 0 Å². The number of methoxy groups -OCH3 is 1. The average molecular weight is 334 g/mol. The maximum Gasteiger partial charge on any atom is 0.122 e. The normalized spacial score (nSPS) is 22.4. The molecular formula is C19H30N2O3. The van der Waals surface area contributed by atoms with Gasteiger partial charge in [-0.1, -0.05) is 18.2 Å². The van der Waals surface area contributed by atoms with E-state index >= 15 is 0 Å². The molecule has 1 N–H and O–H groups in total. The Bertz CT molecular complexity index is 497. The van der Waals surface area contributed by atoms with Gasteiger partial charge in [-0.05, 0) is 43.5 Å². The van der Waals surface area contributed by atoms with Gasteiger partial charge in [0.15, 0.2) is 0 Å². The molecule has 0 saturated carbocycles. The molecule has 0 aliphatic carbocycles. The summed E-state index contributed by atoms with van der Waals surface area (Å²) >= 11 is 0. The van der Waals surface area contributed by atoms with Gasteiger partial charge in [0.05, 0.1) is 26.4 Å². The Hall–Kier alpha value is -1.14. The Labute approximate surface area is 145 Å². The van der Waals surface area contributed by atoms with Gasteiger partial charge in [-0.3, -0.25) is 4.90 Å². The molecule has 1 aromatic carbocycles. The molecule has 1 aromatic rings. The van der Waals surface area contributed by atoms with Crippen LogP contribution in [0.3, 0.4) is 0 Å². The highest BCUT2D eigenvalue weighted by atomic mass is 16.5. The largest absolute Gasteiger partial charge is 0.496 e. The standard InChI is InChI=1S/C19H30N2O3/c1-23-19-5-3-2-4-18(19)16-6-8-20(9-7-16)14-17(22)15-21-10-12-24-13-11-21/h2-5,16-17,22H,6-15H2,1H3. The van der Waals surface area contributed by atoms with Crippen molar-refractivity contribution in [2.45, 2.75) is 24.9 Å². The van der Waals surface area contributed by atoms with Crippen LogP contribution in [0.5, 0.6) is 5.75 Å². The molecule has 2 saturated heterocycles. The number of piperidine rings is 1. The molecule has 5 nitrogen and oxygen atoms in total. The molecule has 0 amide bonds. The summed E-state index contributed by atoms with van der Waals surface area (Å²) in [6, 6.07) is 8.36. The third-order valence-corrected chi connectivity index (χ3v) is 5.21. The lowest BCUT2D eigenvalue weighted by atomic mass is 9.88. The quantitative estimate of drug-likeness (QED) is 0.855. The van der Waals surface area contributed by atoms with Crippen molar-refractivity contribution in [2.75, 3.05) is 59.6 Å². The van der Waals surface area contributed by atoms with Crippen LogP contribution in [-0.4, -0.2) is 80.6 Å². The minimum Gasteiger partial charge on any atom is -0.496 e. The number of hydrogen-bond donors (Lipinski definition) is 1. The van der Waals surface area contributed by atoms with E-state index in [4.69, 9.17) is 9.47 Å². The summed E-state index contributed by atoms with van der Waals surface area (Å²) in [5, 5.41) is 10.4. The van der Waals surface area contributed by atoms with Gasteiger partial charge in [0, 0.05) is 26.2 Å². The number of nitrogens with zero attached hydrogens (tertiary/aromatic N) is 2. The van der Waals surface area contributed by atoms with Gasteiger partial charge < -0.3 is 19.5 Å². The van der Waals surface area contributed by atoms with E-state index in [2.05, 4.69) is 21.9 Å². The zero-order valence-corrected chi connectivity index (χ0v) is 14.7. The van der Waals surface area contributed by atoms with E-state index in [1.54, 1.807) is 7.11 Å². The van der Waals surface area contributed by atoms with Gasteiger partial charge >= 0.3 is 0 Å². The summed E-state index contributed by atoms with van der Waals surface area (Å²) in [7, 11) is 1.75. The third-order valence-electron chi connectivity index (χ3n) is 5.21. The highest BCUT2D eigenvalue weighted by molar-refractivity contribution is 5.36. The van der Waals surface area contributed by atoms with Crippen LogP contribution in [-0.2, 0) is 4.74 Å². The van der Waals surface area contributed by atoms with Crippen molar-refractivity contribution in [1.82, 2.24) is 9.80 Å². The molecule has 1 atom stereocenters. The van der Waals surface area contributed by atoms with Crippen LogP contribution in [0.4, 0.5) is 0 Å². The van der Waals surface area contributed by atoms with Crippen molar-refractivity contribution >= 4 is 0 Å². The Morgan fingerprint density at radius 3 is 2.38 bits per heavy atom. The minimum absolute atomic E-state index is 0.272. The molecule has 0 spiro atoms. The van der Waals surface area contributed by atoms with E-state index in [9.17, 15) is 5.11 Å². The van der Waals surface area contributed by atoms with Gasteiger partial charge in [0.2, 0.25) is 0 Å². The van der Waals surface area contributed by atoms with Gasteiger partial charge in [0.25, 0.3) is 0 Å². The van der Waals surface area contributed by atoms with E-state index in [0.717, 1.165) is 71.1 Å². The predicted molar refractivity (Wildman–Crippen MR) is 94.7 cm³/mol. The number of aliphatic hydroxyl groups is 1. The maximum atomic E-state index is 10.4. The van der Waals surface area contributed by atoms with Crippen molar-refractivity contribution in [3.8, 4) is 5.75 Å². The lowest BCUT2D eigenvalue weighted by molar-refractivity contribution is 0.00507. The van der Waals surface area contributed by atoms with Gasteiger partial charge in [-0.25, -0.2) is 0 Å². The SMILES string of the molecule is COc1ccccc1C1CCN(CC(O)CN2CCOCC2)CC1. The number of aliphatic hydroxyl groups excluding tert-OH is 1. The predicted octanol–water partition coefficient (Wildman–Crippen LogP) is 1.57. The first-order valence-corrected chi connectivity index (χ1v) is 9.09. The van der Waals surface area contributed by atoms with Crippen LogP contribution in [0.1, 0.15) is 24.3 Å². The van der Waals surface area contributed by atoms with Crippen LogP contribution in [0.2, 0.25) is 0 Å². The zero-order valence-electron chi connectivity index (χ0n) is 14.7.